The Morgan fingerprint density at radius 1 is 1.38 bits per heavy atom. The van der Waals surface area contributed by atoms with E-state index in [0.717, 1.165) is 25.1 Å². The van der Waals surface area contributed by atoms with Crippen molar-refractivity contribution in [3.05, 3.63) is 23.7 Å². The van der Waals surface area contributed by atoms with Gasteiger partial charge in [0.2, 0.25) is 0 Å². The van der Waals surface area contributed by atoms with Crippen LogP contribution in [0.5, 0.6) is 0 Å². The number of hydrogen-bond donors (Lipinski definition) is 0. The molecule has 1 heterocycles. The van der Waals surface area contributed by atoms with Crippen LogP contribution in [-0.2, 0) is 6.54 Å². The third-order valence-electron chi connectivity index (χ3n) is 5.16. The maximum absolute atomic E-state index is 9.48. The van der Waals surface area contributed by atoms with E-state index in [9.17, 15) is 5.26 Å². The molecule has 21 heavy (non-hydrogen) atoms. The highest BCUT2D eigenvalue weighted by Crippen LogP contribution is 2.41. The Labute approximate surface area is 128 Å². The molecule has 116 valence electrons. The second-order valence-electron chi connectivity index (χ2n) is 7.60. The minimum Gasteiger partial charge on any atom is -0.469 e. The summed E-state index contributed by atoms with van der Waals surface area (Å²) < 4.78 is 5.39. The van der Waals surface area contributed by atoms with Gasteiger partial charge in [-0.2, -0.15) is 5.26 Å². The molecule has 3 unspecified atom stereocenters. The van der Waals surface area contributed by atoms with Gasteiger partial charge in [-0.1, -0.05) is 20.8 Å². The molecule has 3 atom stereocenters. The predicted octanol–water partition coefficient (Wildman–Crippen LogP) is 4.37. The molecule has 1 fully saturated rings. The van der Waals surface area contributed by atoms with Gasteiger partial charge >= 0.3 is 0 Å². The van der Waals surface area contributed by atoms with Gasteiger partial charge in [0.15, 0.2) is 0 Å². The summed E-state index contributed by atoms with van der Waals surface area (Å²) in [5, 5.41) is 9.48. The van der Waals surface area contributed by atoms with Crippen LogP contribution in [0.25, 0.3) is 0 Å². The number of nitrogens with zero attached hydrogens (tertiary/aromatic N) is 2. The minimum atomic E-state index is 0.154. The molecular formula is C18H28N2O. The quantitative estimate of drug-likeness (QED) is 0.829. The molecule has 0 amide bonds. The van der Waals surface area contributed by atoms with E-state index in [-0.39, 0.29) is 5.92 Å². The summed E-state index contributed by atoms with van der Waals surface area (Å²) >= 11 is 0. The standard InChI is InChI=1S/C18H28N2O/c1-13-15(8-9-21-13)12-20(5)17-10-16(18(2,3)4)7-6-14(17)11-19/h8-9,14,16-17H,6-7,10,12H2,1-5H3. The van der Waals surface area contributed by atoms with Crippen molar-refractivity contribution in [1.29, 1.82) is 5.26 Å². The Morgan fingerprint density at radius 2 is 2.10 bits per heavy atom. The van der Waals surface area contributed by atoms with E-state index in [1.54, 1.807) is 6.26 Å². The lowest BCUT2D eigenvalue weighted by Crippen LogP contribution is -2.44. The summed E-state index contributed by atoms with van der Waals surface area (Å²) in [7, 11) is 2.15. The summed E-state index contributed by atoms with van der Waals surface area (Å²) in [6.45, 7) is 9.83. The summed E-state index contributed by atoms with van der Waals surface area (Å²) in [5.74, 6) is 1.83. The van der Waals surface area contributed by atoms with Crippen LogP contribution in [0.1, 0.15) is 51.4 Å². The Morgan fingerprint density at radius 3 is 2.62 bits per heavy atom. The summed E-state index contributed by atoms with van der Waals surface area (Å²) in [6, 6.07) is 4.92. The molecule has 3 heteroatoms. The van der Waals surface area contributed by atoms with Crippen molar-refractivity contribution in [2.75, 3.05) is 7.05 Å². The second-order valence-corrected chi connectivity index (χ2v) is 7.60. The first-order valence-electron chi connectivity index (χ1n) is 7.95. The fourth-order valence-electron chi connectivity index (χ4n) is 3.53. The zero-order valence-corrected chi connectivity index (χ0v) is 14.0. The van der Waals surface area contributed by atoms with Gasteiger partial charge in [-0.3, -0.25) is 4.90 Å². The molecule has 0 radical (unpaired) electrons. The van der Waals surface area contributed by atoms with Crippen molar-refractivity contribution >= 4 is 0 Å². The molecule has 1 saturated carbocycles. The van der Waals surface area contributed by atoms with Crippen molar-refractivity contribution in [2.24, 2.45) is 17.3 Å². The van der Waals surface area contributed by atoms with Crippen LogP contribution in [0.3, 0.4) is 0 Å². The first kappa shape index (κ1) is 16.1. The molecule has 0 aliphatic heterocycles. The smallest absolute Gasteiger partial charge is 0.105 e. The first-order valence-corrected chi connectivity index (χ1v) is 7.95. The van der Waals surface area contributed by atoms with Crippen LogP contribution in [0.4, 0.5) is 0 Å². The van der Waals surface area contributed by atoms with Crippen LogP contribution in [0.2, 0.25) is 0 Å². The molecule has 0 bridgehead atoms. The molecule has 1 aliphatic rings. The summed E-state index contributed by atoms with van der Waals surface area (Å²) in [6.07, 6.45) is 5.07. The molecule has 0 saturated heterocycles. The normalized spacial score (nSPS) is 26.8. The highest BCUT2D eigenvalue weighted by atomic mass is 16.3. The molecule has 2 rings (SSSR count). The van der Waals surface area contributed by atoms with Gasteiger partial charge in [-0.15, -0.1) is 0 Å². The van der Waals surface area contributed by atoms with E-state index in [4.69, 9.17) is 4.42 Å². The number of furan rings is 1. The van der Waals surface area contributed by atoms with Crippen molar-refractivity contribution < 1.29 is 4.42 Å². The van der Waals surface area contributed by atoms with Gasteiger partial charge in [-0.25, -0.2) is 0 Å². The second kappa shape index (κ2) is 6.23. The van der Waals surface area contributed by atoms with E-state index in [0.29, 0.717) is 17.4 Å². The fourth-order valence-corrected chi connectivity index (χ4v) is 3.53. The molecular weight excluding hydrogens is 260 g/mol. The lowest BCUT2D eigenvalue weighted by molar-refractivity contribution is 0.0711. The van der Waals surface area contributed by atoms with Crippen LogP contribution < -0.4 is 0 Å². The Balaban J connectivity index is 2.10. The van der Waals surface area contributed by atoms with Gasteiger partial charge in [0.25, 0.3) is 0 Å². The van der Waals surface area contributed by atoms with Crippen molar-refractivity contribution in [2.45, 2.75) is 59.5 Å². The number of nitriles is 1. The molecule has 3 nitrogen and oxygen atoms in total. The van der Waals surface area contributed by atoms with E-state index in [2.05, 4.69) is 38.8 Å². The van der Waals surface area contributed by atoms with E-state index < -0.39 is 0 Å². The highest BCUT2D eigenvalue weighted by molar-refractivity contribution is 5.15. The number of hydrogen-bond acceptors (Lipinski definition) is 3. The summed E-state index contributed by atoms with van der Waals surface area (Å²) in [4.78, 5) is 2.35. The van der Waals surface area contributed by atoms with Crippen LogP contribution in [-0.4, -0.2) is 18.0 Å². The van der Waals surface area contributed by atoms with Crippen LogP contribution in [0.15, 0.2) is 16.7 Å². The predicted molar refractivity (Wildman–Crippen MR) is 84.6 cm³/mol. The number of rotatable bonds is 3. The zero-order valence-electron chi connectivity index (χ0n) is 14.0. The largest absolute Gasteiger partial charge is 0.469 e. The Hall–Kier alpha value is -1.27. The topological polar surface area (TPSA) is 40.2 Å². The first-order chi connectivity index (χ1) is 9.82. The monoisotopic (exact) mass is 288 g/mol. The molecule has 1 aliphatic carbocycles. The van der Waals surface area contributed by atoms with Crippen LogP contribution in [0, 0.1) is 35.5 Å². The van der Waals surface area contributed by atoms with Gasteiger partial charge in [0, 0.05) is 18.2 Å². The van der Waals surface area contributed by atoms with E-state index in [1.807, 2.05) is 13.0 Å². The number of aryl methyl sites for hydroxylation is 1. The van der Waals surface area contributed by atoms with Gasteiger partial charge in [0.05, 0.1) is 18.3 Å². The maximum Gasteiger partial charge on any atom is 0.105 e. The third kappa shape index (κ3) is 3.68. The lowest BCUT2D eigenvalue weighted by Gasteiger charge is -2.43. The molecule has 0 spiro atoms. The molecule has 0 aromatic carbocycles. The Bertz CT molecular complexity index is 506. The molecule has 1 aromatic heterocycles. The summed E-state index contributed by atoms with van der Waals surface area (Å²) in [5.41, 5.74) is 1.55. The highest BCUT2D eigenvalue weighted by Gasteiger charge is 2.37. The van der Waals surface area contributed by atoms with Gasteiger partial charge in [0.1, 0.15) is 5.76 Å². The average molecular weight is 288 g/mol. The SMILES string of the molecule is Cc1occc1CN(C)C1CC(C(C)(C)C)CCC1C#N. The molecule has 1 aromatic rings. The van der Waals surface area contributed by atoms with Crippen molar-refractivity contribution in [3.63, 3.8) is 0 Å². The molecule has 0 N–H and O–H groups in total. The van der Waals surface area contributed by atoms with Gasteiger partial charge < -0.3 is 4.42 Å². The van der Waals surface area contributed by atoms with Gasteiger partial charge in [-0.05, 0) is 50.6 Å². The van der Waals surface area contributed by atoms with E-state index in [1.165, 1.54) is 12.0 Å². The van der Waals surface area contributed by atoms with E-state index >= 15 is 0 Å². The zero-order chi connectivity index (χ0) is 15.6. The van der Waals surface area contributed by atoms with Crippen molar-refractivity contribution in [3.8, 4) is 6.07 Å². The fraction of sp³-hybridized carbons (Fsp3) is 0.722. The third-order valence-corrected chi connectivity index (χ3v) is 5.16. The maximum atomic E-state index is 9.48. The lowest BCUT2D eigenvalue weighted by atomic mass is 9.68. The van der Waals surface area contributed by atoms with Crippen LogP contribution >= 0.6 is 0 Å². The Kier molecular flexibility index (Phi) is 4.78. The average Bonchev–Trinajstić information content (AvgIpc) is 2.82. The van der Waals surface area contributed by atoms with Crippen molar-refractivity contribution in [1.82, 2.24) is 4.90 Å². The minimum absolute atomic E-state index is 0.154.